The average Bonchev–Trinajstić information content (AvgIpc) is 2.47. The maximum Gasteiger partial charge on any atom is 0.176 e. The van der Waals surface area contributed by atoms with Crippen molar-refractivity contribution in [2.45, 2.75) is 19.8 Å². The number of amidine groups is 1. The molecular weight excluding hydrogens is 271 g/mol. The molecule has 4 nitrogen and oxygen atoms in total. The number of nitrogens with two attached hydrogens (primary N) is 1. The highest BCUT2D eigenvalue weighted by molar-refractivity contribution is 5.99. The predicted molar refractivity (Wildman–Crippen MR) is 79.5 cm³/mol. The van der Waals surface area contributed by atoms with Gasteiger partial charge in [-0.1, -0.05) is 43.3 Å². The van der Waals surface area contributed by atoms with Crippen LogP contribution in [-0.4, -0.2) is 11.0 Å². The van der Waals surface area contributed by atoms with E-state index in [2.05, 4.69) is 5.16 Å². The van der Waals surface area contributed by atoms with Crippen molar-refractivity contribution in [2.24, 2.45) is 10.9 Å². The second-order valence-corrected chi connectivity index (χ2v) is 4.89. The zero-order chi connectivity index (χ0) is 15.4. The second kappa shape index (κ2) is 6.26. The van der Waals surface area contributed by atoms with Crippen LogP contribution < -0.4 is 10.5 Å². The van der Waals surface area contributed by atoms with Gasteiger partial charge in [0, 0.05) is 0 Å². The van der Waals surface area contributed by atoms with Crippen molar-refractivity contribution in [1.29, 1.82) is 0 Å². The highest BCUT2D eigenvalue weighted by Crippen LogP contribution is 2.32. The van der Waals surface area contributed by atoms with Crippen molar-refractivity contribution in [3.63, 3.8) is 0 Å². The third-order valence-corrected chi connectivity index (χ3v) is 3.10. The summed E-state index contributed by atoms with van der Waals surface area (Å²) in [5, 5.41) is 11.6. The Morgan fingerprint density at radius 3 is 2.48 bits per heavy atom. The predicted octanol–water partition coefficient (Wildman–Crippen LogP) is 3.84. The monoisotopic (exact) mass is 288 g/mol. The molecule has 0 bridgehead atoms. The molecule has 0 aliphatic heterocycles. The van der Waals surface area contributed by atoms with E-state index < -0.39 is 5.82 Å². The van der Waals surface area contributed by atoms with Crippen LogP contribution in [0.15, 0.2) is 47.6 Å². The summed E-state index contributed by atoms with van der Waals surface area (Å²) in [5.74, 6) is 0.139. The highest BCUT2D eigenvalue weighted by atomic mass is 19.1. The van der Waals surface area contributed by atoms with Crippen LogP contribution >= 0.6 is 0 Å². The molecule has 0 atom stereocenters. The first-order valence-corrected chi connectivity index (χ1v) is 6.57. The molecule has 0 unspecified atom stereocenters. The fourth-order valence-electron chi connectivity index (χ4n) is 2.06. The van der Waals surface area contributed by atoms with Gasteiger partial charge in [-0.15, -0.1) is 0 Å². The molecule has 0 aliphatic carbocycles. The number of hydrogen-bond acceptors (Lipinski definition) is 3. The van der Waals surface area contributed by atoms with E-state index in [1.54, 1.807) is 12.1 Å². The lowest BCUT2D eigenvalue weighted by Crippen LogP contribution is -2.16. The Morgan fingerprint density at radius 2 is 1.81 bits per heavy atom. The molecule has 0 saturated carbocycles. The number of oxime groups is 1. The second-order valence-electron chi connectivity index (χ2n) is 4.89. The first kappa shape index (κ1) is 14.8. The summed E-state index contributed by atoms with van der Waals surface area (Å²) in [7, 11) is 0. The zero-order valence-corrected chi connectivity index (χ0v) is 11.9. The fraction of sp³-hybridized carbons (Fsp3) is 0.188. The Morgan fingerprint density at radius 1 is 1.14 bits per heavy atom. The van der Waals surface area contributed by atoms with Gasteiger partial charge >= 0.3 is 0 Å². The molecule has 2 aromatic carbocycles. The summed E-state index contributed by atoms with van der Waals surface area (Å²) < 4.78 is 19.7. The number of nitrogens with zero attached hydrogens (tertiary/aromatic N) is 1. The topological polar surface area (TPSA) is 67.8 Å². The van der Waals surface area contributed by atoms with Gasteiger partial charge in [-0.2, -0.15) is 0 Å². The Bertz CT molecular complexity index is 669. The van der Waals surface area contributed by atoms with Crippen molar-refractivity contribution >= 4 is 5.84 Å². The van der Waals surface area contributed by atoms with Gasteiger partial charge in [0.25, 0.3) is 0 Å². The lowest BCUT2D eigenvalue weighted by atomic mass is 10.0. The summed E-state index contributed by atoms with van der Waals surface area (Å²) in [6.45, 7) is 4.08. The molecule has 0 heterocycles. The molecule has 110 valence electrons. The number of hydrogen-bond donors (Lipinski definition) is 2. The first-order chi connectivity index (χ1) is 10.0. The molecule has 0 radical (unpaired) electrons. The molecule has 3 N–H and O–H groups in total. The molecule has 0 aliphatic rings. The van der Waals surface area contributed by atoms with Crippen LogP contribution in [0.2, 0.25) is 0 Å². The number of para-hydroxylation sites is 1. The number of rotatable bonds is 4. The number of halogens is 1. The quantitative estimate of drug-likeness (QED) is 0.389. The van der Waals surface area contributed by atoms with E-state index in [1.807, 2.05) is 32.0 Å². The van der Waals surface area contributed by atoms with Crippen LogP contribution in [0, 0.1) is 5.82 Å². The lowest BCUT2D eigenvalue weighted by molar-refractivity contribution is 0.318. The third kappa shape index (κ3) is 3.13. The van der Waals surface area contributed by atoms with Gasteiger partial charge in [-0.25, -0.2) is 4.39 Å². The van der Waals surface area contributed by atoms with E-state index in [0.717, 1.165) is 5.56 Å². The fourth-order valence-corrected chi connectivity index (χ4v) is 2.06. The van der Waals surface area contributed by atoms with Crippen molar-refractivity contribution in [3.8, 4) is 11.5 Å². The van der Waals surface area contributed by atoms with Gasteiger partial charge in [-0.3, -0.25) is 0 Å². The summed E-state index contributed by atoms with van der Waals surface area (Å²) in [6.07, 6.45) is 0. The zero-order valence-electron chi connectivity index (χ0n) is 11.9. The Labute approximate surface area is 122 Å². The normalized spacial score (nSPS) is 11.7. The first-order valence-electron chi connectivity index (χ1n) is 6.57. The van der Waals surface area contributed by atoms with Crippen molar-refractivity contribution in [1.82, 2.24) is 0 Å². The van der Waals surface area contributed by atoms with Crippen molar-refractivity contribution in [2.75, 3.05) is 0 Å². The van der Waals surface area contributed by atoms with Gasteiger partial charge in [0.1, 0.15) is 17.3 Å². The summed E-state index contributed by atoms with van der Waals surface area (Å²) in [6, 6.07) is 11.8. The van der Waals surface area contributed by atoms with Crippen LogP contribution in [0.5, 0.6) is 11.5 Å². The Hall–Kier alpha value is -2.56. The van der Waals surface area contributed by atoms with Crippen molar-refractivity contribution in [3.05, 3.63) is 59.4 Å². The molecule has 0 amide bonds. The SMILES string of the molecule is CC(C)c1ccccc1Oc1cccc(F)c1C(N)=NO. The molecular formula is C16H17FN2O2. The van der Waals surface area contributed by atoms with Crippen LogP contribution in [0.4, 0.5) is 4.39 Å². The van der Waals surface area contributed by atoms with E-state index in [-0.39, 0.29) is 23.1 Å². The lowest BCUT2D eigenvalue weighted by Gasteiger charge is -2.15. The maximum absolute atomic E-state index is 13.9. The number of ether oxygens (including phenoxy) is 1. The van der Waals surface area contributed by atoms with Crippen LogP contribution in [0.3, 0.4) is 0 Å². The van der Waals surface area contributed by atoms with Crippen LogP contribution in [0.1, 0.15) is 30.9 Å². The van der Waals surface area contributed by atoms with Gasteiger partial charge in [0.05, 0.1) is 5.56 Å². The molecule has 2 aromatic rings. The summed E-state index contributed by atoms with van der Waals surface area (Å²) >= 11 is 0. The molecule has 5 heteroatoms. The minimum absolute atomic E-state index is 0.0569. The minimum atomic E-state index is -0.607. The van der Waals surface area contributed by atoms with Crippen LogP contribution in [-0.2, 0) is 0 Å². The van der Waals surface area contributed by atoms with E-state index in [1.165, 1.54) is 12.1 Å². The molecule has 0 fully saturated rings. The summed E-state index contributed by atoms with van der Waals surface area (Å²) in [5.41, 5.74) is 6.46. The van der Waals surface area contributed by atoms with Gasteiger partial charge in [-0.05, 0) is 29.7 Å². The van der Waals surface area contributed by atoms with Gasteiger partial charge in [0.2, 0.25) is 0 Å². The highest BCUT2D eigenvalue weighted by Gasteiger charge is 2.16. The van der Waals surface area contributed by atoms with Gasteiger partial charge in [0.15, 0.2) is 5.84 Å². The Kier molecular flexibility index (Phi) is 4.42. The molecule has 0 aromatic heterocycles. The average molecular weight is 288 g/mol. The standard InChI is InChI=1S/C16H17FN2O2/c1-10(2)11-6-3-4-8-13(11)21-14-9-5-7-12(17)15(14)16(18)19-20/h3-10,20H,1-2H3,(H2,18,19). The van der Waals surface area contributed by atoms with E-state index in [9.17, 15) is 4.39 Å². The molecule has 0 saturated heterocycles. The summed E-state index contributed by atoms with van der Waals surface area (Å²) in [4.78, 5) is 0. The molecule has 0 spiro atoms. The Balaban J connectivity index is 2.48. The third-order valence-electron chi connectivity index (χ3n) is 3.10. The van der Waals surface area contributed by atoms with Crippen molar-refractivity contribution < 1.29 is 14.3 Å². The molecule has 21 heavy (non-hydrogen) atoms. The van der Waals surface area contributed by atoms with E-state index >= 15 is 0 Å². The maximum atomic E-state index is 13.9. The largest absolute Gasteiger partial charge is 0.456 e. The van der Waals surface area contributed by atoms with Crippen LogP contribution in [0.25, 0.3) is 0 Å². The molecule has 2 rings (SSSR count). The van der Waals surface area contributed by atoms with E-state index in [0.29, 0.717) is 5.75 Å². The van der Waals surface area contributed by atoms with Gasteiger partial charge < -0.3 is 15.7 Å². The van der Waals surface area contributed by atoms with E-state index in [4.69, 9.17) is 15.7 Å². The number of benzene rings is 2. The minimum Gasteiger partial charge on any atom is -0.456 e. The smallest absolute Gasteiger partial charge is 0.176 e.